The fourth-order valence-corrected chi connectivity index (χ4v) is 1.62. The van der Waals surface area contributed by atoms with Crippen LogP contribution in [0.4, 0.5) is 13.2 Å². The average Bonchev–Trinajstić information content (AvgIpc) is 2.16. The summed E-state index contributed by atoms with van der Waals surface area (Å²) in [4.78, 5) is 3.63. The van der Waals surface area contributed by atoms with Crippen LogP contribution in [-0.4, -0.2) is 23.6 Å². The largest absolute Gasteiger partial charge is 0.573 e. The molecule has 0 amide bonds. The van der Waals surface area contributed by atoms with Gasteiger partial charge in [-0.25, -0.2) is 0 Å². The van der Waals surface area contributed by atoms with Crippen molar-refractivity contribution in [3.05, 3.63) is 15.5 Å². The van der Waals surface area contributed by atoms with Crippen LogP contribution < -0.4 is 9.47 Å². The Labute approximate surface area is 103 Å². The lowest BCUT2D eigenvalue weighted by molar-refractivity contribution is -0.275. The molecule has 0 atom stereocenters. The van der Waals surface area contributed by atoms with Gasteiger partial charge in [-0.3, -0.25) is 4.98 Å². The van der Waals surface area contributed by atoms with Crippen molar-refractivity contribution < 1.29 is 27.8 Å². The fraction of sp³-hybridized carbons (Fsp3) is 0.375. The zero-order valence-corrected chi connectivity index (χ0v) is 10.2. The summed E-state index contributed by atoms with van der Waals surface area (Å²) in [5.74, 6) is -0.707. The number of pyridine rings is 1. The van der Waals surface area contributed by atoms with Gasteiger partial charge in [0.05, 0.1) is 17.3 Å². The van der Waals surface area contributed by atoms with Crippen LogP contribution >= 0.6 is 22.6 Å². The van der Waals surface area contributed by atoms with Crippen molar-refractivity contribution in [2.75, 3.05) is 7.11 Å². The highest BCUT2D eigenvalue weighted by molar-refractivity contribution is 14.1. The lowest BCUT2D eigenvalue weighted by Crippen LogP contribution is -2.19. The van der Waals surface area contributed by atoms with E-state index in [2.05, 4.69) is 9.72 Å². The smallest absolute Gasteiger partial charge is 0.492 e. The van der Waals surface area contributed by atoms with Gasteiger partial charge in [-0.1, -0.05) is 0 Å². The van der Waals surface area contributed by atoms with Crippen LogP contribution in [0, 0.1) is 3.57 Å². The molecule has 1 N–H and O–H groups in total. The van der Waals surface area contributed by atoms with Crippen LogP contribution in [0.1, 0.15) is 5.69 Å². The number of methoxy groups -OCH3 is 1. The van der Waals surface area contributed by atoms with Gasteiger partial charge in [0.2, 0.25) is 0 Å². The number of nitrogens with zero attached hydrogens (tertiary/aromatic N) is 1. The number of aliphatic hydroxyl groups excluding tert-OH is 1. The number of hydrogen-bond donors (Lipinski definition) is 1. The molecule has 0 aromatic carbocycles. The number of ether oxygens (including phenoxy) is 2. The molecule has 0 bridgehead atoms. The highest BCUT2D eigenvalue weighted by Crippen LogP contribution is 2.37. The molecule has 0 radical (unpaired) electrons. The number of alkyl halides is 3. The quantitative estimate of drug-likeness (QED) is 0.850. The van der Waals surface area contributed by atoms with Crippen molar-refractivity contribution in [1.82, 2.24) is 4.98 Å². The molecule has 0 unspecified atom stereocenters. The topological polar surface area (TPSA) is 51.6 Å². The first-order valence-electron chi connectivity index (χ1n) is 3.97. The predicted molar refractivity (Wildman–Crippen MR) is 56.1 cm³/mol. The third kappa shape index (κ3) is 3.11. The highest BCUT2D eigenvalue weighted by Gasteiger charge is 2.34. The summed E-state index contributed by atoms with van der Waals surface area (Å²) in [5.41, 5.74) is -0.227. The number of halogens is 4. The Morgan fingerprint density at radius 2 is 2.06 bits per heavy atom. The second-order valence-corrected chi connectivity index (χ2v) is 3.78. The monoisotopic (exact) mass is 349 g/mol. The molecule has 90 valence electrons. The van der Waals surface area contributed by atoms with Crippen LogP contribution in [-0.2, 0) is 6.61 Å². The minimum atomic E-state index is -4.86. The molecule has 0 spiro atoms. The van der Waals surface area contributed by atoms with Gasteiger partial charge in [0, 0.05) is 6.20 Å². The molecule has 8 heteroatoms. The summed E-state index contributed by atoms with van der Waals surface area (Å²) in [5, 5.41) is 8.86. The minimum absolute atomic E-state index is 0.100. The van der Waals surface area contributed by atoms with E-state index in [0.717, 1.165) is 0 Å². The van der Waals surface area contributed by atoms with Crippen molar-refractivity contribution in [2.45, 2.75) is 13.0 Å². The molecule has 0 aliphatic heterocycles. The molecule has 0 saturated heterocycles. The van der Waals surface area contributed by atoms with E-state index in [1.807, 2.05) is 0 Å². The van der Waals surface area contributed by atoms with Crippen LogP contribution in [0.5, 0.6) is 11.5 Å². The van der Waals surface area contributed by atoms with Crippen molar-refractivity contribution >= 4 is 22.6 Å². The molecule has 4 nitrogen and oxygen atoms in total. The Morgan fingerprint density at radius 3 is 2.50 bits per heavy atom. The summed E-state index contributed by atoms with van der Waals surface area (Å²) in [6.07, 6.45) is -3.57. The Kier molecular flexibility index (Phi) is 4.19. The lowest BCUT2D eigenvalue weighted by Gasteiger charge is -2.15. The van der Waals surface area contributed by atoms with E-state index in [9.17, 15) is 13.2 Å². The highest BCUT2D eigenvalue weighted by atomic mass is 127. The normalized spacial score (nSPS) is 11.4. The first-order valence-corrected chi connectivity index (χ1v) is 5.05. The second-order valence-electron chi connectivity index (χ2n) is 2.62. The van der Waals surface area contributed by atoms with Gasteiger partial charge in [-0.05, 0) is 22.6 Å². The summed E-state index contributed by atoms with van der Waals surface area (Å²) in [7, 11) is 1.21. The number of rotatable bonds is 3. The van der Waals surface area contributed by atoms with Gasteiger partial charge in [-0.2, -0.15) is 0 Å². The Balaban J connectivity index is 3.25. The van der Waals surface area contributed by atoms with Crippen molar-refractivity contribution in [3.8, 4) is 11.5 Å². The van der Waals surface area contributed by atoms with Gasteiger partial charge in [0.25, 0.3) is 0 Å². The molecule has 0 aliphatic rings. The minimum Gasteiger partial charge on any atom is -0.492 e. The van der Waals surface area contributed by atoms with E-state index >= 15 is 0 Å². The number of hydrogen-bond acceptors (Lipinski definition) is 4. The van der Waals surface area contributed by atoms with Gasteiger partial charge < -0.3 is 14.6 Å². The van der Waals surface area contributed by atoms with Crippen molar-refractivity contribution in [3.63, 3.8) is 0 Å². The third-order valence-corrected chi connectivity index (χ3v) is 2.36. The molecule has 1 heterocycles. The zero-order chi connectivity index (χ0) is 12.3. The van der Waals surface area contributed by atoms with Crippen molar-refractivity contribution in [1.29, 1.82) is 0 Å². The molecular weight excluding hydrogens is 342 g/mol. The fourth-order valence-electron chi connectivity index (χ4n) is 1.02. The average molecular weight is 349 g/mol. The maximum Gasteiger partial charge on any atom is 0.573 e. The molecule has 16 heavy (non-hydrogen) atoms. The molecule has 0 fully saturated rings. The molecular formula is C8H7F3INO3. The van der Waals surface area contributed by atoms with Crippen LogP contribution in [0.15, 0.2) is 6.20 Å². The maximum atomic E-state index is 12.1. The van der Waals surface area contributed by atoms with Crippen LogP contribution in [0.25, 0.3) is 0 Å². The van der Waals surface area contributed by atoms with Gasteiger partial charge in [-0.15, -0.1) is 13.2 Å². The van der Waals surface area contributed by atoms with Crippen molar-refractivity contribution in [2.24, 2.45) is 0 Å². The van der Waals surface area contributed by atoms with Crippen LogP contribution in [0.3, 0.4) is 0 Å². The van der Waals surface area contributed by atoms with E-state index in [0.29, 0.717) is 3.57 Å². The predicted octanol–water partition coefficient (Wildman–Crippen LogP) is 2.09. The Bertz CT molecular complexity index is 384. The van der Waals surface area contributed by atoms with E-state index in [4.69, 9.17) is 9.84 Å². The summed E-state index contributed by atoms with van der Waals surface area (Å²) in [6, 6.07) is 0. The third-order valence-electron chi connectivity index (χ3n) is 1.59. The molecule has 1 aromatic heterocycles. The number of aliphatic hydroxyl groups is 1. The molecule has 0 saturated carbocycles. The van der Waals surface area contributed by atoms with E-state index in [1.165, 1.54) is 13.3 Å². The summed E-state index contributed by atoms with van der Waals surface area (Å²) in [6.45, 7) is -0.668. The first kappa shape index (κ1) is 13.3. The van der Waals surface area contributed by atoms with Gasteiger partial charge in [0.15, 0.2) is 11.5 Å². The molecule has 1 rings (SSSR count). The van der Waals surface area contributed by atoms with Gasteiger partial charge in [0.1, 0.15) is 5.69 Å². The molecule has 0 aliphatic carbocycles. The summed E-state index contributed by atoms with van der Waals surface area (Å²) >= 11 is 1.75. The standard InChI is InChI=1S/C8H7F3INO3/c1-15-6-4(12)2-13-5(3-14)7(6)16-8(9,10)11/h2,14H,3H2,1H3. The summed E-state index contributed by atoms with van der Waals surface area (Å²) < 4.78 is 45.3. The second kappa shape index (κ2) is 5.04. The Hall–Kier alpha value is -0.770. The maximum absolute atomic E-state index is 12.1. The lowest BCUT2D eigenvalue weighted by atomic mass is 10.3. The number of aromatic nitrogens is 1. The Morgan fingerprint density at radius 1 is 1.44 bits per heavy atom. The van der Waals surface area contributed by atoms with Crippen LogP contribution in [0.2, 0.25) is 0 Å². The first-order chi connectivity index (χ1) is 7.39. The molecule has 1 aromatic rings. The van der Waals surface area contributed by atoms with E-state index < -0.39 is 18.7 Å². The zero-order valence-electron chi connectivity index (χ0n) is 8.01. The SMILES string of the molecule is COc1c(I)cnc(CO)c1OC(F)(F)F. The van der Waals surface area contributed by atoms with Gasteiger partial charge >= 0.3 is 6.36 Å². The van der Waals surface area contributed by atoms with E-state index in [-0.39, 0.29) is 11.4 Å². The van der Waals surface area contributed by atoms with E-state index in [1.54, 1.807) is 22.6 Å².